The van der Waals surface area contributed by atoms with Gasteiger partial charge in [-0.3, -0.25) is 10.2 Å². The van der Waals surface area contributed by atoms with Gasteiger partial charge in [0, 0.05) is 25.2 Å². The van der Waals surface area contributed by atoms with Gasteiger partial charge in [-0.15, -0.1) is 0 Å². The SMILES string of the molecule is CC1=CC(N2CC(C)OC(C)C2)CCC1NCO. The van der Waals surface area contributed by atoms with Gasteiger partial charge in [0.15, 0.2) is 0 Å². The fraction of sp³-hybridized carbons (Fsp3) is 0.857. The molecule has 0 bridgehead atoms. The molecule has 0 spiro atoms. The van der Waals surface area contributed by atoms with Gasteiger partial charge in [0.25, 0.3) is 0 Å². The monoisotopic (exact) mass is 254 g/mol. The number of nitrogens with one attached hydrogen (secondary N) is 1. The van der Waals surface area contributed by atoms with Crippen LogP contribution in [0.2, 0.25) is 0 Å². The normalized spacial score (nSPS) is 38.6. The molecule has 1 heterocycles. The summed E-state index contributed by atoms with van der Waals surface area (Å²) >= 11 is 0. The third kappa shape index (κ3) is 3.32. The molecular formula is C14H26N2O2. The minimum atomic E-state index is 0.0616. The summed E-state index contributed by atoms with van der Waals surface area (Å²) in [4.78, 5) is 2.54. The number of morpholine rings is 1. The molecule has 0 saturated carbocycles. The minimum absolute atomic E-state index is 0.0616. The quantitative estimate of drug-likeness (QED) is 0.585. The second-order valence-corrected chi connectivity index (χ2v) is 5.68. The Morgan fingerprint density at radius 2 is 2.00 bits per heavy atom. The molecule has 1 saturated heterocycles. The van der Waals surface area contributed by atoms with E-state index < -0.39 is 0 Å². The molecule has 4 unspecified atom stereocenters. The first-order chi connectivity index (χ1) is 8.60. The summed E-state index contributed by atoms with van der Waals surface area (Å²) in [5, 5.41) is 12.1. The van der Waals surface area contributed by atoms with Crippen molar-refractivity contribution in [2.45, 2.75) is 57.9 Å². The highest BCUT2D eigenvalue weighted by molar-refractivity contribution is 5.16. The minimum Gasteiger partial charge on any atom is -0.381 e. The Bertz CT molecular complexity index is 296. The molecule has 0 aromatic heterocycles. The van der Waals surface area contributed by atoms with Crippen molar-refractivity contribution in [2.24, 2.45) is 0 Å². The Labute approximate surface area is 110 Å². The van der Waals surface area contributed by atoms with E-state index in [-0.39, 0.29) is 6.73 Å². The molecule has 1 fully saturated rings. The highest BCUT2D eigenvalue weighted by atomic mass is 16.5. The van der Waals surface area contributed by atoms with Crippen LogP contribution in [0.5, 0.6) is 0 Å². The second-order valence-electron chi connectivity index (χ2n) is 5.68. The zero-order valence-corrected chi connectivity index (χ0v) is 11.7. The summed E-state index contributed by atoms with van der Waals surface area (Å²) in [7, 11) is 0. The summed E-state index contributed by atoms with van der Waals surface area (Å²) in [6.45, 7) is 8.57. The number of rotatable bonds is 3. The molecule has 4 heteroatoms. The molecular weight excluding hydrogens is 228 g/mol. The number of aliphatic hydroxyl groups excluding tert-OH is 1. The van der Waals surface area contributed by atoms with Gasteiger partial charge in [0.2, 0.25) is 0 Å². The molecule has 18 heavy (non-hydrogen) atoms. The van der Waals surface area contributed by atoms with Crippen LogP contribution in [0, 0.1) is 0 Å². The van der Waals surface area contributed by atoms with Gasteiger partial charge in [-0.25, -0.2) is 0 Å². The lowest BCUT2D eigenvalue weighted by atomic mass is 9.90. The second kappa shape index (κ2) is 6.15. The maximum absolute atomic E-state index is 8.96. The van der Waals surface area contributed by atoms with Crippen LogP contribution >= 0.6 is 0 Å². The van der Waals surface area contributed by atoms with Gasteiger partial charge in [-0.05, 0) is 33.6 Å². The molecule has 1 aliphatic heterocycles. The highest BCUT2D eigenvalue weighted by Crippen LogP contribution is 2.24. The summed E-state index contributed by atoms with van der Waals surface area (Å²) in [6.07, 6.45) is 5.29. The third-order valence-corrected chi connectivity index (χ3v) is 4.01. The van der Waals surface area contributed by atoms with Gasteiger partial charge in [-0.1, -0.05) is 11.6 Å². The lowest BCUT2D eigenvalue weighted by Gasteiger charge is -2.41. The molecule has 4 nitrogen and oxygen atoms in total. The number of hydrogen-bond donors (Lipinski definition) is 2. The van der Waals surface area contributed by atoms with E-state index in [1.165, 1.54) is 5.57 Å². The van der Waals surface area contributed by atoms with Crippen LogP contribution in [0.3, 0.4) is 0 Å². The summed E-state index contributed by atoms with van der Waals surface area (Å²) < 4.78 is 5.79. The maximum Gasteiger partial charge on any atom is 0.0936 e. The Morgan fingerprint density at radius 1 is 1.33 bits per heavy atom. The van der Waals surface area contributed by atoms with Gasteiger partial charge in [0.1, 0.15) is 0 Å². The molecule has 4 atom stereocenters. The fourth-order valence-electron chi connectivity index (χ4n) is 3.22. The fourth-order valence-corrected chi connectivity index (χ4v) is 3.22. The topological polar surface area (TPSA) is 44.7 Å². The van der Waals surface area contributed by atoms with E-state index in [4.69, 9.17) is 9.84 Å². The molecule has 2 N–H and O–H groups in total. The molecule has 104 valence electrons. The Hall–Kier alpha value is -0.420. The van der Waals surface area contributed by atoms with Crippen LogP contribution in [0.15, 0.2) is 11.6 Å². The molecule has 0 aromatic carbocycles. The first-order valence-electron chi connectivity index (χ1n) is 7.02. The van der Waals surface area contributed by atoms with E-state index in [9.17, 15) is 0 Å². The van der Waals surface area contributed by atoms with Crippen molar-refractivity contribution in [1.29, 1.82) is 0 Å². The standard InChI is InChI=1S/C14H26N2O2/c1-10-6-13(4-5-14(10)15-9-17)16-7-11(2)18-12(3)8-16/h6,11-15,17H,4-5,7-9H2,1-3H3. The summed E-state index contributed by atoms with van der Waals surface area (Å²) in [5.74, 6) is 0. The molecule has 2 aliphatic rings. The first kappa shape index (κ1) is 14.0. The van der Waals surface area contributed by atoms with Crippen LogP contribution in [0.4, 0.5) is 0 Å². The number of hydrogen-bond acceptors (Lipinski definition) is 4. The van der Waals surface area contributed by atoms with Crippen molar-refractivity contribution in [3.63, 3.8) is 0 Å². The molecule has 2 rings (SSSR count). The smallest absolute Gasteiger partial charge is 0.0936 e. The van der Waals surface area contributed by atoms with Crippen LogP contribution in [-0.4, -0.2) is 54.1 Å². The van der Waals surface area contributed by atoms with Crippen LogP contribution in [0.25, 0.3) is 0 Å². The van der Waals surface area contributed by atoms with E-state index in [1.807, 2.05) is 0 Å². The highest BCUT2D eigenvalue weighted by Gasteiger charge is 2.29. The molecule has 1 aliphatic carbocycles. The van der Waals surface area contributed by atoms with Gasteiger partial charge < -0.3 is 9.84 Å². The van der Waals surface area contributed by atoms with Gasteiger partial charge in [0.05, 0.1) is 18.9 Å². The van der Waals surface area contributed by atoms with Crippen LogP contribution in [0.1, 0.15) is 33.6 Å². The zero-order chi connectivity index (χ0) is 13.1. The molecule has 0 radical (unpaired) electrons. The van der Waals surface area contributed by atoms with Gasteiger partial charge in [-0.2, -0.15) is 0 Å². The van der Waals surface area contributed by atoms with Crippen molar-refractivity contribution in [3.8, 4) is 0 Å². The van der Waals surface area contributed by atoms with Crippen molar-refractivity contribution in [3.05, 3.63) is 11.6 Å². The molecule has 0 aromatic rings. The average Bonchev–Trinajstić information content (AvgIpc) is 2.30. The van der Waals surface area contributed by atoms with Crippen molar-refractivity contribution < 1.29 is 9.84 Å². The van der Waals surface area contributed by atoms with Crippen LogP contribution < -0.4 is 5.32 Å². The lowest BCUT2D eigenvalue weighted by Crippen LogP contribution is -2.51. The zero-order valence-electron chi connectivity index (χ0n) is 11.7. The van der Waals surface area contributed by atoms with E-state index in [0.717, 1.165) is 25.9 Å². The number of ether oxygens (including phenoxy) is 1. The first-order valence-corrected chi connectivity index (χ1v) is 7.02. The number of aliphatic hydroxyl groups is 1. The average molecular weight is 254 g/mol. The van der Waals surface area contributed by atoms with Gasteiger partial charge >= 0.3 is 0 Å². The third-order valence-electron chi connectivity index (χ3n) is 4.01. The maximum atomic E-state index is 8.96. The lowest BCUT2D eigenvalue weighted by molar-refractivity contribution is -0.0768. The Kier molecular flexibility index (Phi) is 4.78. The predicted octanol–water partition coefficient (Wildman–Crippen LogP) is 1.11. The Morgan fingerprint density at radius 3 is 2.56 bits per heavy atom. The molecule has 0 amide bonds. The van der Waals surface area contributed by atoms with E-state index in [1.54, 1.807) is 0 Å². The summed E-state index contributed by atoms with van der Waals surface area (Å²) in [5.41, 5.74) is 1.35. The Balaban J connectivity index is 1.98. The number of nitrogens with zero attached hydrogens (tertiary/aromatic N) is 1. The van der Waals surface area contributed by atoms with Crippen molar-refractivity contribution in [1.82, 2.24) is 10.2 Å². The van der Waals surface area contributed by atoms with Crippen LogP contribution in [-0.2, 0) is 4.74 Å². The summed E-state index contributed by atoms with van der Waals surface area (Å²) in [6, 6.07) is 0.887. The van der Waals surface area contributed by atoms with E-state index in [2.05, 4.69) is 37.1 Å². The predicted molar refractivity (Wildman–Crippen MR) is 72.4 cm³/mol. The van der Waals surface area contributed by atoms with Crippen molar-refractivity contribution in [2.75, 3.05) is 19.8 Å². The van der Waals surface area contributed by atoms with E-state index in [0.29, 0.717) is 24.3 Å². The van der Waals surface area contributed by atoms with E-state index >= 15 is 0 Å². The largest absolute Gasteiger partial charge is 0.381 e. The van der Waals surface area contributed by atoms with Crippen molar-refractivity contribution >= 4 is 0 Å².